The second kappa shape index (κ2) is 7.50. The van der Waals surface area contributed by atoms with E-state index in [9.17, 15) is 4.79 Å². The number of nitrogens with zero attached hydrogens (tertiary/aromatic N) is 1. The summed E-state index contributed by atoms with van der Waals surface area (Å²) in [7, 11) is 0. The number of hydrogen-bond donors (Lipinski definition) is 3. The summed E-state index contributed by atoms with van der Waals surface area (Å²) in [5.74, 6) is 1.64. The van der Waals surface area contributed by atoms with Gasteiger partial charge in [0, 0.05) is 23.5 Å². The number of rotatable bonds is 5. The first-order valence-electron chi connectivity index (χ1n) is 7.94. The van der Waals surface area contributed by atoms with Gasteiger partial charge in [0.2, 0.25) is 0 Å². The van der Waals surface area contributed by atoms with Gasteiger partial charge >= 0.3 is 6.03 Å². The number of carbonyl (C=O) groups is 1. The molecule has 3 rings (SSSR count). The highest BCUT2D eigenvalue weighted by atomic mass is 16.5. The zero-order valence-corrected chi connectivity index (χ0v) is 13.5. The fraction of sp³-hybridized carbons (Fsp3) is 0.222. The van der Waals surface area contributed by atoms with Crippen LogP contribution in [0.5, 0.6) is 5.75 Å². The van der Waals surface area contributed by atoms with E-state index < -0.39 is 0 Å². The Labute approximate surface area is 140 Å². The number of anilines is 2. The molecule has 1 heterocycles. The van der Waals surface area contributed by atoms with Gasteiger partial charge in [-0.15, -0.1) is 0 Å². The largest absolute Gasteiger partial charge is 0.494 e. The maximum atomic E-state index is 12.1. The molecule has 6 heteroatoms. The van der Waals surface area contributed by atoms with Gasteiger partial charge in [-0.2, -0.15) is 0 Å². The van der Waals surface area contributed by atoms with Gasteiger partial charge in [0.1, 0.15) is 11.6 Å². The van der Waals surface area contributed by atoms with Gasteiger partial charge in [0.15, 0.2) is 0 Å². The summed E-state index contributed by atoms with van der Waals surface area (Å²) in [5, 5.41) is 8.85. The molecule has 1 aliphatic heterocycles. The third-order valence-corrected chi connectivity index (χ3v) is 3.49. The lowest BCUT2D eigenvalue weighted by atomic mass is 10.2. The van der Waals surface area contributed by atoms with E-state index in [1.54, 1.807) is 12.1 Å². The van der Waals surface area contributed by atoms with Crippen LogP contribution >= 0.6 is 0 Å². The number of amides is 2. The molecule has 0 unspecified atom stereocenters. The third kappa shape index (κ3) is 4.04. The highest BCUT2D eigenvalue weighted by Crippen LogP contribution is 2.17. The van der Waals surface area contributed by atoms with Crippen molar-refractivity contribution in [1.82, 2.24) is 5.32 Å². The van der Waals surface area contributed by atoms with Crippen LogP contribution < -0.4 is 20.7 Å². The lowest BCUT2D eigenvalue weighted by Gasteiger charge is -2.10. The molecule has 0 aliphatic carbocycles. The second-order valence-corrected chi connectivity index (χ2v) is 5.27. The number of urea groups is 1. The molecule has 0 atom stereocenters. The lowest BCUT2D eigenvalue weighted by molar-refractivity contribution is 0.262. The Bertz CT molecular complexity index is 741. The molecular weight excluding hydrogens is 304 g/mol. The summed E-state index contributed by atoms with van der Waals surface area (Å²) in [6.07, 6.45) is 0. The van der Waals surface area contributed by atoms with Crippen molar-refractivity contribution in [2.24, 2.45) is 4.99 Å². The van der Waals surface area contributed by atoms with Gasteiger partial charge in [-0.1, -0.05) is 12.1 Å². The van der Waals surface area contributed by atoms with Gasteiger partial charge in [-0.3, -0.25) is 4.99 Å². The highest BCUT2D eigenvalue weighted by Gasteiger charge is 2.09. The smallest absolute Gasteiger partial charge is 0.323 e. The number of aliphatic imine (C=N–C) groups is 1. The molecular formula is C18H20N4O2. The molecule has 2 amide bonds. The number of benzene rings is 2. The molecule has 24 heavy (non-hydrogen) atoms. The molecule has 2 aromatic rings. The average Bonchev–Trinajstić information content (AvgIpc) is 3.12. The Kier molecular flexibility index (Phi) is 4.96. The zero-order chi connectivity index (χ0) is 16.8. The van der Waals surface area contributed by atoms with E-state index in [0.717, 1.165) is 30.2 Å². The first-order valence-corrected chi connectivity index (χ1v) is 7.94. The minimum absolute atomic E-state index is 0.294. The quantitative estimate of drug-likeness (QED) is 0.791. The van der Waals surface area contributed by atoms with Crippen molar-refractivity contribution in [3.05, 3.63) is 54.1 Å². The molecule has 0 aromatic heterocycles. The lowest BCUT2D eigenvalue weighted by Crippen LogP contribution is -2.21. The predicted molar refractivity (Wildman–Crippen MR) is 96.1 cm³/mol. The molecule has 0 spiro atoms. The van der Waals surface area contributed by atoms with E-state index in [1.807, 2.05) is 43.3 Å². The Hall–Kier alpha value is -3.02. The van der Waals surface area contributed by atoms with Crippen molar-refractivity contribution in [2.75, 3.05) is 30.3 Å². The predicted octanol–water partition coefficient (Wildman–Crippen LogP) is 3.08. The summed E-state index contributed by atoms with van der Waals surface area (Å²) in [6.45, 7) is 4.18. The second-order valence-electron chi connectivity index (χ2n) is 5.27. The van der Waals surface area contributed by atoms with E-state index >= 15 is 0 Å². The van der Waals surface area contributed by atoms with Crippen molar-refractivity contribution in [1.29, 1.82) is 0 Å². The molecule has 2 aromatic carbocycles. The fourth-order valence-electron chi connectivity index (χ4n) is 2.43. The summed E-state index contributed by atoms with van der Waals surface area (Å²) >= 11 is 0. The molecule has 0 radical (unpaired) electrons. The van der Waals surface area contributed by atoms with Gasteiger partial charge in [0.05, 0.1) is 13.2 Å². The normalized spacial score (nSPS) is 13.0. The van der Waals surface area contributed by atoms with Crippen LogP contribution in [0.4, 0.5) is 16.2 Å². The van der Waals surface area contributed by atoms with Crippen LogP contribution in [0.2, 0.25) is 0 Å². The van der Waals surface area contributed by atoms with Crippen LogP contribution in [0.3, 0.4) is 0 Å². The number of hydrogen-bond acceptors (Lipinski definition) is 4. The zero-order valence-electron chi connectivity index (χ0n) is 13.5. The summed E-state index contributed by atoms with van der Waals surface area (Å²) in [5.41, 5.74) is 2.38. The van der Waals surface area contributed by atoms with Crippen LogP contribution in [0.25, 0.3) is 0 Å². The maximum absolute atomic E-state index is 12.1. The Morgan fingerprint density at radius 2 is 1.96 bits per heavy atom. The van der Waals surface area contributed by atoms with Crippen LogP contribution in [-0.4, -0.2) is 31.6 Å². The third-order valence-electron chi connectivity index (χ3n) is 3.49. The number of carbonyl (C=O) groups excluding carboxylic acids is 1. The Morgan fingerprint density at radius 1 is 1.17 bits per heavy atom. The van der Waals surface area contributed by atoms with Crippen molar-refractivity contribution >= 4 is 23.2 Å². The molecule has 6 nitrogen and oxygen atoms in total. The summed E-state index contributed by atoms with van der Waals surface area (Å²) in [6, 6.07) is 14.6. The SMILES string of the molecule is CCOc1ccc(NC(=O)Nc2cccc(C3=NCCN3)c2)cc1. The van der Waals surface area contributed by atoms with Crippen molar-refractivity contribution in [2.45, 2.75) is 6.92 Å². The Morgan fingerprint density at radius 3 is 2.67 bits per heavy atom. The van der Waals surface area contributed by atoms with E-state index in [2.05, 4.69) is 20.9 Å². The van der Waals surface area contributed by atoms with Crippen LogP contribution in [0, 0.1) is 0 Å². The molecule has 0 saturated heterocycles. The van der Waals surface area contributed by atoms with E-state index in [-0.39, 0.29) is 6.03 Å². The molecule has 0 saturated carbocycles. The van der Waals surface area contributed by atoms with Crippen LogP contribution in [0.1, 0.15) is 12.5 Å². The first-order chi connectivity index (χ1) is 11.7. The van der Waals surface area contributed by atoms with Crippen molar-refractivity contribution in [3.63, 3.8) is 0 Å². The van der Waals surface area contributed by atoms with Gasteiger partial charge in [-0.05, 0) is 43.3 Å². The summed E-state index contributed by atoms with van der Waals surface area (Å²) in [4.78, 5) is 16.5. The van der Waals surface area contributed by atoms with Crippen molar-refractivity contribution in [3.8, 4) is 5.75 Å². The molecule has 124 valence electrons. The number of nitrogens with one attached hydrogen (secondary N) is 3. The van der Waals surface area contributed by atoms with Gasteiger partial charge < -0.3 is 20.7 Å². The van der Waals surface area contributed by atoms with E-state index in [4.69, 9.17) is 4.74 Å². The molecule has 0 bridgehead atoms. The summed E-state index contributed by atoms with van der Waals surface area (Å²) < 4.78 is 5.38. The monoisotopic (exact) mass is 324 g/mol. The number of amidine groups is 1. The van der Waals surface area contributed by atoms with E-state index in [0.29, 0.717) is 18.0 Å². The molecule has 3 N–H and O–H groups in total. The maximum Gasteiger partial charge on any atom is 0.323 e. The van der Waals surface area contributed by atoms with Crippen LogP contribution in [-0.2, 0) is 0 Å². The molecule has 1 aliphatic rings. The molecule has 0 fully saturated rings. The fourth-order valence-corrected chi connectivity index (χ4v) is 2.43. The van der Waals surface area contributed by atoms with Gasteiger partial charge in [0.25, 0.3) is 0 Å². The Balaban J connectivity index is 1.61. The van der Waals surface area contributed by atoms with E-state index in [1.165, 1.54) is 0 Å². The first kappa shape index (κ1) is 15.9. The van der Waals surface area contributed by atoms with Gasteiger partial charge in [-0.25, -0.2) is 4.79 Å². The standard InChI is InChI=1S/C18H20N4O2/c1-2-24-16-8-6-14(7-9-16)21-18(23)22-15-5-3-4-13(12-15)17-19-10-11-20-17/h3-9,12H,2,10-11H2,1H3,(H,19,20)(H2,21,22,23). The van der Waals surface area contributed by atoms with Crippen molar-refractivity contribution < 1.29 is 9.53 Å². The average molecular weight is 324 g/mol. The minimum Gasteiger partial charge on any atom is -0.494 e. The number of ether oxygens (including phenoxy) is 1. The van der Waals surface area contributed by atoms with Crippen LogP contribution in [0.15, 0.2) is 53.5 Å². The minimum atomic E-state index is -0.294. The topological polar surface area (TPSA) is 74.8 Å². The highest BCUT2D eigenvalue weighted by molar-refractivity contribution is 6.03.